The summed E-state index contributed by atoms with van der Waals surface area (Å²) in [5.41, 5.74) is 4.20. The van der Waals surface area contributed by atoms with Crippen molar-refractivity contribution in [2.45, 2.75) is 40.2 Å². The number of aromatic nitrogens is 2. The van der Waals surface area contributed by atoms with Crippen LogP contribution in [-0.2, 0) is 0 Å². The van der Waals surface area contributed by atoms with Crippen LogP contribution in [0.1, 0.15) is 50.3 Å². The number of halogens is 1. The minimum Gasteiger partial charge on any atom is -0.334 e. The molecule has 7 heteroatoms. The summed E-state index contributed by atoms with van der Waals surface area (Å²) >= 11 is 0. The number of urea groups is 1. The molecule has 1 atom stereocenters. The molecule has 32 heavy (non-hydrogen) atoms. The van der Waals surface area contributed by atoms with Gasteiger partial charge in [0, 0.05) is 17.8 Å². The van der Waals surface area contributed by atoms with Crippen molar-refractivity contribution in [2.24, 2.45) is 5.92 Å². The second kappa shape index (κ2) is 8.94. The molecule has 1 aliphatic heterocycles. The van der Waals surface area contributed by atoms with Gasteiger partial charge in [0.15, 0.2) is 0 Å². The number of allylic oxidation sites excluding steroid dienone is 1. The Hall–Kier alpha value is -3.48. The van der Waals surface area contributed by atoms with Crippen molar-refractivity contribution in [2.75, 3.05) is 6.54 Å². The molecule has 0 aliphatic carbocycles. The van der Waals surface area contributed by atoms with E-state index in [0.717, 1.165) is 28.8 Å². The highest BCUT2D eigenvalue weighted by Crippen LogP contribution is 2.37. The van der Waals surface area contributed by atoms with Crippen molar-refractivity contribution in [3.63, 3.8) is 0 Å². The first-order valence-corrected chi connectivity index (χ1v) is 10.8. The smallest absolute Gasteiger partial charge is 0.322 e. The fraction of sp³-hybridized carbons (Fsp3) is 0.320. The van der Waals surface area contributed by atoms with E-state index < -0.39 is 6.04 Å². The van der Waals surface area contributed by atoms with Gasteiger partial charge in [0.1, 0.15) is 5.82 Å². The zero-order chi connectivity index (χ0) is 22.8. The van der Waals surface area contributed by atoms with Crippen molar-refractivity contribution < 1.29 is 13.7 Å². The van der Waals surface area contributed by atoms with E-state index in [4.69, 9.17) is 4.52 Å². The van der Waals surface area contributed by atoms with Crippen molar-refractivity contribution >= 4 is 11.6 Å². The van der Waals surface area contributed by atoms with Crippen LogP contribution in [0.4, 0.5) is 9.18 Å². The molecule has 0 radical (unpaired) electrons. The summed E-state index contributed by atoms with van der Waals surface area (Å²) in [4.78, 5) is 19.3. The Morgan fingerprint density at radius 3 is 2.44 bits per heavy atom. The molecule has 3 aromatic rings. The zero-order valence-corrected chi connectivity index (χ0v) is 18.7. The number of rotatable bonds is 6. The highest BCUT2D eigenvalue weighted by Gasteiger charge is 2.35. The lowest BCUT2D eigenvalue weighted by molar-refractivity contribution is 0.202. The monoisotopic (exact) mass is 434 g/mol. The number of carbonyl (C=O) groups is 1. The number of carbonyl (C=O) groups excluding carboxylic acids is 1. The molecule has 166 valence electrons. The number of nitrogens with zero attached hydrogens (tertiary/aromatic N) is 3. The third-order valence-electron chi connectivity index (χ3n) is 5.70. The Morgan fingerprint density at radius 2 is 1.78 bits per heavy atom. The summed E-state index contributed by atoms with van der Waals surface area (Å²) < 4.78 is 19.2. The van der Waals surface area contributed by atoms with Crippen LogP contribution in [0.2, 0.25) is 0 Å². The van der Waals surface area contributed by atoms with Crippen LogP contribution in [0, 0.1) is 18.7 Å². The van der Waals surface area contributed by atoms with Crippen LogP contribution in [0.25, 0.3) is 17.0 Å². The van der Waals surface area contributed by atoms with Crippen molar-refractivity contribution in [1.82, 2.24) is 20.4 Å². The molecule has 1 aromatic heterocycles. The summed E-state index contributed by atoms with van der Waals surface area (Å²) in [6, 6.07) is 13.2. The summed E-state index contributed by atoms with van der Waals surface area (Å²) in [7, 11) is 0. The third-order valence-corrected chi connectivity index (χ3v) is 5.70. The average molecular weight is 435 g/mol. The van der Waals surface area contributed by atoms with E-state index >= 15 is 0 Å². The minimum atomic E-state index is -0.523. The van der Waals surface area contributed by atoms with Crippen LogP contribution in [-0.4, -0.2) is 27.6 Å². The molecule has 0 bridgehead atoms. The Morgan fingerprint density at radius 1 is 1.09 bits per heavy atom. The lowest BCUT2D eigenvalue weighted by Crippen LogP contribution is -2.46. The van der Waals surface area contributed by atoms with E-state index in [1.54, 1.807) is 17.0 Å². The van der Waals surface area contributed by atoms with E-state index in [2.05, 4.69) is 29.3 Å². The molecule has 2 aromatic carbocycles. The predicted molar refractivity (Wildman–Crippen MR) is 121 cm³/mol. The Labute approximate surface area is 187 Å². The Kier molecular flexibility index (Phi) is 6.08. The second-order valence-corrected chi connectivity index (χ2v) is 8.56. The van der Waals surface area contributed by atoms with Gasteiger partial charge in [-0.1, -0.05) is 61.0 Å². The Balaban J connectivity index is 1.78. The average Bonchev–Trinajstić information content (AvgIpc) is 3.23. The van der Waals surface area contributed by atoms with E-state index in [1.807, 2.05) is 38.1 Å². The van der Waals surface area contributed by atoms with E-state index in [-0.39, 0.29) is 11.8 Å². The first kappa shape index (κ1) is 21.7. The van der Waals surface area contributed by atoms with Gasteiger partial charge in [-0.05, 0) is 43.9 Å². The van der Waals surface area contributed by atoms with Crippen molar-refractivity contribution in [3.05, 3.63) is 77.1 Å². The molecular weight excluding hydrogens is 407 g/mol. The molecule has 0 saturated carbocycles. The summed E-state index contributed by atoms with van der Waals surface area (Å²) in [5, 5.41) is 7.22. The van der Waals surface area contributed by atoms with Gasteiger partial charge in [-0.25, -0.2) is 9.18 Å². The van der Waals surface area contributed by atoms with E-state index in [9.17, 15) is 9.18 Å². The van der Waals surface area contributed by atoms with Gasteiger partial charge in [-0.3, -0.25) is 4.90 Å². The molecular formula is C25H27FN4O2. The van der Waals surface area contributed by atoms with Gasteiger partial charge in [-0.15, -0.1) is 0 Å². The Bertz CT molecular complexity index is 1130. The lowest BCUT2D eigenvalue weighted by atomic mass is 9.94. The number of hydrogen-bond acceptors (Lipinski definition) is 4. The topological polar surface area (TPSA) is 71.3 Å². The third kappa shape index (κ3) is 4.42. The van der Waals surface area contributed by atoms with Gasteiger partial charge in [0.05, 0.1) is 11.6 Å². The highest BCUT2D eigenvalue weighted by atomic mass is 19.1. The second-order valence-electron chi connectivity index (χ2n) is 8.56. The number of nitrogens with one attached hydrogen (secondary N) is 1. The molecule has 1 unspecified atom stereocenters. The SMILES string of the molecule is CC1=C(c2nc(-c3ccc(C)cc3)no2)C(c2ccc(F)cc2)NC(=O)N1CCC(C)C. The number of hydrogen-bond donors (Lipinski definition) is 1. The maximum absolute atomic E-state index is 13.5. The standard InChI is InChI=1S/C25H27FN4O2/c1-15(2)13-14-30-17(4)21(22(27-25(30)31)18-9-11-20(26)12-10-18)24-28-23(29-32-24)19-7-5-16(3)6-8-19/h5-12,15,22H,13-14H2,1-4H3,(H,27,31). The summed E-state index contributed by atoms with van der Waals surface area (Å²) in [6.07, 6.45) is 0.859. The van der Waals surface area contributed by atoms with Gasteiger partial charge in [-0.2, -0.15) is 4.98 Å². The summed E-state index contributed by atoms with van der Waals surface area (Å²) in [5.74, 6) is 0.923. The quantitative estimate of drug-likeness (QED) is 0.538. The highest BCUT2D eigenvalue weighted by molar-refractivity contribution is 5.86. The van der Waals surface area contributed by atoms with Gasteiger partial charge in [0.2, 0.25) is 5.82 Å². The van der Waals surface area contributed by atoms with Crippen LogP contribution in [0.3, 0.4) is 0 Å². The molecule has 4 rings (SSSR count). The molecule has 0 saturated heterocycles. The zero-order valence-electron chi connectivity index (χ0n) is 18.7. The fourth-order valence-corrected chi connectivity index (χ4v) is 3.77. The predicted octanol–water partition coefficient (Wildman–Crippen LogP) is 5.73. The summed E-state index contributed by atoms with van der Waals surface area (Å²) in [6.45, 7) is 8.72. The van der Waals surface area contributed by atoms with Gasteiger partial charge >= 0.3 is 6.03 Å². The largest absolute Gasteiger partial charge is 0.334 e. The molecule has 1 N–H and O–H groups in total. The van der Waals surface area contributed by atoms with Gasteiger partial charge in [0.25, 0.3) is 5.89 Å². The first-order chi connectivity index (χ1) is 15.3. The molecule has 1 aliphatic rings. The lowest BCUT2D eigenvalue weighted by Gasteiger charge is -2.35. The van der Waals surface area contributed by atoms with E-state index in [1.165, 1.54) is 12.1 Å². The van der Waals surface area contributed by atoms with Crippen LogP contribution < -0.4 is 5.32 Å². The van der Waals surface area contributed by atoms with E-state index in [0.29, 0.717) is 29.8 Å². The normalized spacial score (nSPS) is 16.6. The van der Waals surface area contributed by atoms with Crippen LogP contribution in [0.5, 0.6) is 0 Å². The van der Waals surface area contributed by atoms with Crippen molar-refractivity contribution in [1.29, 1.82) is 0 Å². The van der Waals surface area contributed by atoms with Crippen LogP contribution in [0.15, 0.2) is 58.8 Å². The molecule has 0 fully saturated rings. The first-order valence-electron chi connectivity index (χ1n) is 10.8. The number of amides is 2. The van der Waals surface area contributed by atoms with Gasteiger partial charge < -0.3 is 9.84 Å². The maximum Gasteiger partial charge on any atom is 0.322 e. The molecule has 0 spiro atoms. The fourth-order valence-electron chi connectivity index (χ4n) is 3.77. The minimum absolute atomic E-state index is 0.195. The molecule has 6 nitrogen and oxygen atoms in total. The molecule has 2 heterocycles. The van der Waals surface area contributed by atoms with Crippen molar-refractivity contribution in [3.8, 4) is 11.4 Å². The number of aryl methyl sites for hydroxylation is 1. The number of benzene rings is 2. The van der Waals surface area contributed by atoms with Crippen LogP contribution >= 0.6 is 0 Å². The molecule has 2 amide bonds. The maximum atomic E-state index is 13.5.